The molecule has 0 aromatic carbocycles. The van der Waals surface area contributed by atoms with Gasteiger partial charge in [-0.2, -0.15) is 0 Å². The molecule has 1 rings (SSSR count). The normalized spacial score (nSPS) is 49.2. The minimum absolute atomic E-state index is 0.184. The fourth-order valence-corrected chi connectivity index (χ4v) is 1.19. The first-order valence-corrected chi connectivity index (χ1v) is 3.69. The zero-order valence-corrected chi connectivity index (χ0v) is 6.63. The lowest BCUT2D eigenvalue weighted by Gasteiger charge is -2.46. The summed E-state index contributed by atoms with van der Waals surface area (Å²) in [7, 11) is 1.66. The highest BCUT2D eigenvalue weighted by Gasteiger charge is 2.30. The third kappa shape index (κ3) is 1.94. The molecule has 10 heavy (non-hydrogen) atoms. The van der Waals surface area contributed by atoms with Crippen LogP contribution in [0.15, 0.2) is 0 Å². The lowest BCUT2D eigenvalue weighted by Crippen LogP contribution is -2.50. The van der Waals surface area contributed by atoms with Gasteiger partial charge in [-0.15, -0.1) is 0 Å². The second kappa shape index (κ2) is 2.19. The summed E-state index contributed by atoms with van der Waals surface area (Å²) in [6, 6.07) is 0. The van der Waals surface area contributed by atoms with E-state index in [9.17, 15) is 10.3 Å². The molecule has 1 heterocycles. The van der Waals surface area contributed by atoms with Crippen molar-refractivity contribution in [2.45, 2.75) is 25.4 Å². The molecule has 0 spiro atoms. The molecule has 0 bridgehead atoms. The van der Waals surface area contributed by atoms with Crippen molar-refractivity contribution in [2.24, 2.45) is 0 Å². The van der Waals surface area contributed by atoms with Gasteiger partial charge >= 0.3 is 0 Å². The van der Waals surface area contributed by atoms with Crippen LogP contribution in [-0.2, 0) is 0 Å². The molecule has 0 aromatic rings. The Labute approximate surface area is 61.4 Å². The molecule has 0 radical (unpaired) electrons. The highest BCUT2D eigenvalue weighted by molar-refractivity contribution is 4.75. The van der Waals surface area contributed by atoms with E-state index in [1.807, 2.05) is 0 Å². The molecule has 1 saturated heterocycles. The van der Waals surface area contributed by atoms with Crippen LogP contribution in [0.1, 0.15) is 19.8 Å². The van der Waals surface area contributed by atoms with Crippen LogP contribution in [0.4, 0.5) is 0 Å². The summed E-state index contributed by atoms with van der Waals surface area (Å²) in [5.41, 5.74) is -0.581. The minimum Gasteiger partial charge on any atom is -0.633 e. The Morgan fingerprint density at radius 3 is 2.10 bits per heavy atom. The van der Waals surface area contributed by atoms with E-state index in [1.165, 1.54) is 0 Å². The molecule has 1 N–H and O–H groups in total. The number of hydroxylamine groups is 3. The predicted octanol–water partition coefficient (Wildman–Crippen LogP) is 0.476. The molecule has 3 heteroatoms. The van der Waals surface area contributed by atoms with Gasteiger partial charge in [0, 0.05) is 12.8 Å². The Hall–Kier alpha value is -0.120. The largest absolute Gasteiger partial charge is 0.633 e. The van der Waals surface area contributed by atoms with E-state index in [0.717, 1.165) is 0 Å². The van der Waals surface area contributed by atoms with Gasteiger partial charge in [-0.25, -0.2) is 0 Å². The maximum Gasteiger partial charge on any atom is 0.0809 e. The zero-order chi connectivity index (χ0) is 7.83. The zero-order valence-electron chi connectivity index (χ0n) is 6.63. The number of hydrogen-bond donors (Lipinski definition) is 1. The van der Waals surface area contributed by atoms with Crippen LogP contribution in [-0.4, -0.2) is 35.5 Å². The van der Waals surface area contributed by atoms with Crippen molar-refractivity contribution < 1.29 is 9.75 Å². The second-order valence-electron chi connectivity index (χ2n) is 3.74. The number of nitrogens with zero attached hydrogens (tertiary/aromatic N) is 1. The molecule has 1 aliphatic rings. The van der Waals surface area contributed by atoms with Crippen LogP contribution in [0.2, 0.25) is 0 Å². The van der Waals surface area contributed by atoms with Gasteiger partial charge in [-0.1, -0.05) is 0 Å². The summed E-state index contributed by atoms with van der Waals surface area (Å²) < 4.78 is -0.184. The van der Waals surface area contributed by atoms with Crippen molar-refractivity contribution in [3.8, 4) is 0 Å². The van der Waals surface area contributed by atoms with Gasteiger partial charge in [-0.05, 0) is 6.92 Å². The molecule has 0 saturated carbocycles. The molecule has 0 unspecified atom stereocenters. The van der Waals surface area contributed by atoms with E-state index in [4.69, 9.17) is 0 Å². The number of rotatable bonds is 0. The monoisotopic (exact) mass is 145 g/mol. The molecule has 0 aromatic heterocycles. The Balaban J connectivity index is 2.46. The van der Waals surface area contributed by atoms with E-state index in [2.05, 4.69) is 0 Å². The molecule has 1 aliphatic heterocycles. The van der Waals surface area contributed by atoms with Crippen LogP contribution in [0, 0.1) is 5.21 Å². The van der Waals surface area contributed by atoms with Gasteiger partial charge in [0.1, 0.15) is 0 Å². The number of aliphatic hydroxyl groups is 1. The van der Waals surface area contributed by atoms with Gasteiger partial charge in [0.05, 0.1) is 25.7 Å². The van der Waals surface area contributed by atoms with E-state index in [0.29, 0.717) is 25.9 Å². The average Bonchev–Trinajstić information content (AvgIpc) is 1.79. The maximum absolute atomic E-state index is 11.2. The molecular weight excluding hydrogens is 130 g/mol. The molecule has 0 amide bonds. The van der Waals surface area contributed by atoms with E-state index < -0.39 is 5.60 Å². The highest BCUT2D eigenvalue weighted by atomic mass is 16.5. The Kier molecular flexibility index (Phi) is 1.75. The third-order valence-electron chi connectivity index (χ3n) is 2.25. The smallest absolute Gasteiger partial charge is 0.0809 e. The maximum atomic E-state index is 11.2. The summed E-state index contributed by atoms with van der Waals surface area (Å²) in [5.74, 6) is 0. The molecule has 1 fully saturated rings. The molecule has 0 aliphatic carbocycles. The first-order chi connectivity index (χ1) is 4.41. The van der Waals surface area contributed by atoms with Crippen LogP contribution in [0.3, 0.4) is 0 Å². The number of likely N-dealkylation sites (tertiary alicyclic amines) is 1. The van der Waals surface area contributed by atoms with Crippen LogP contribution in [0.5, 0.6) is 0 Å². The first kappa shape index (κ1) is 7.98. The van der Waals surface area contributed by atoms with Gasteiger partial charge in [0.25, 0.3) is 0 Å². The van der Waals surface area contributed by atoms with Crippen molar-refractivity contribution >= 4 is 0 Å². The van der Waals surface area contributed by atoms with Gasteiger partial charge in [0.2, 0.25) is 0 Å². The van der Waals surface area contributed by atoms with E-state index >= 15 is 0 Å². The van der Waals surface area contributed by atoms with Crippen molar-refractivity contribution in [2.75, 3.05) is 20.1 Å². The van der Waals surface area contributed by atoms with Crippen LogP contribution in [0.25, 0.3) is 0 Å². The van der Waals surface area contributed by atoms with Gasteiger partial charge < -0.3 is 15.0 Å². The van der Waals surface area contributed by atoms with Crippen LogP contribution >= 0.6 is 0 Å². The topological polar surface area (TPSA) is 43.3 Å². The lowest BCUT2D eigenvalue weighted by atomic mass is 9.94. The SMILES string of the molecule is CC1(O)CC[N+](C)([O-])CC1. The van der Waals surface area contributed by atoms with Crippen molar-refractivity contribution in [3.05, 3.63) is 5.21 Å². The Morgan fingerprint density at radius 1 is 1.40 bits per heavy atom. The summed E-state index contributed by atoms with van der Waals surface area (Å²) in [6.45, 7) is 2.90. The fraction of sp³-hybridized carbons (Fsp3) is 1.00. The van der Waals surface area contributed by atoms with Crippen molar-refractivity contribution in [1.29, 1.82) is 0 Å². The average molecular weight is 145 g/mol. The summed E-state index contributed by atoms with van der Waals surface area (Å²) in [4.78, 5) is 0. The number of quaternary nitrogens is 1. The number of hydrogen-bond acceptors (Lipinski definition) is 2. The van der Waals surface area contributed by atoms with E-state index in [1.54, 1.807) is 14.0 Å². The van der Waals surface area contributed by atoms with Crippen molar-refractivity contribution in [1.82, 2.24) is 0 Å². The first-order valence-electron chi connectivity index (χ1n) is 3.69. The molecular formula is C7H15NO2. The van der Waals surface area contributed by atoms with Gasteiger partial charge in [-0.3, -0.25) is 0 Å². The van der Waals surface area contributed by atoms with Gasteiger partial charge in [0.15, 0.2) is 0 Å². The third-order valence-corrected chi connectivity index (χ3v) is 2.25. The van der Waals surface area contributed by atoms with E-state index in [-0.39, 0.29) is 4.65 Å². The predicted molar refractivity (Wildman–Crippen MR) is 39.1 cm³/mol. The van der Waals surface area contributed by atoms with Crippen LogP contribution < -0.4 is 0 Å². The molecule has 3 nitrogen and oxygen atoms in total. The summed E-state index contributed by atoms with van der Waals surface area (Å²) in [6.07, 6.45) is 1.26. The highest BCUT2D eigenvalue weighted by Crippen LogP contribution is 2.23. The second-order valence-corrected chi connectivity index (χ2v) is 3.74. The lowest BCUT2D eigenvalue weighted by molar-refractivity contribution is -0.868. The molecule has 60 valence electrons. The Morgan fingerprint density at radius 2 is 1.80 bits per heavy atom. The summed E-state index contributed by atoms with van der Waals surface area (Å²) >= 11 is 0. The quantitative estimate of drug-likeness (QED) is 0.398. The Bertz CT molecular complexity index is 104. The number of piperidine rings is 1. The standard InChI is InChI=1S/C7H15NO2/c1-7(9)3-5-8(2,10)6-4-7/h9H,3-6H2,1-2H3. The molecule has 0 atom stereocenters. The fourth-order valence-electron chi connectivity index (χ4n) is 1.19. The minimum atomic E-state index is -0.581. The van der Waals surface area contributed by atoms with Crippen molar-refractivity contribution in [3.63, 3.8) is 0 Å². The summed E-state index contributed by atoms with van der Waals surface area (Å²) in [5, 5.41) is 20.7.